The van der Waals surface area contributed by atoms with Crippen molar-refractivity contribution in [2.24, 2.45) is 0 Å². The molecule has 0 aliphatic rings. The van der Waals surface area contributed by atoms with Gasteiger partial charge in [-0.2, -0.15) is 0 Å². The number of hydrogen-bond donors (Lipinski definition) is 1. The van der Waals surface area contributed by atoms with Crippen LogP contribution in [0.15, 0.2) is 78.9 Å². The molecule has 0 saturated heterocycles. The van der Waals surface area contributed by atoms with Crippen LogP contribution in [0.2, 0.25) is 0 Å². The molecule has 1 N–H and O–H groups in total. The lowest BCUT2D eigenvalue weighted by Gasteiger charge is -2.09. The molecule has 0 radical (unpaired) electrons. The number of rotatable bonds is 8. The van der Waals surface area contributed by atoms with Crippen LogP contribution in [0.25, 0.3) is 11.1 Å². The highest BCUT2D eigenvalue weighted by molar-refractivity contribution is 5.63. The van der Waals surface area contributed by atoms with Gasteiger partial charge < -0.3 is 14.8 Å². The van der Waals surface area contributed by atoms with Crippen molar-refractivity contribution in [3.8, 4) is 16.9 Å². The highest BCUT2D eigenvalue weighted by Gasteiger charge is 1.99. The standard InChI is InChI=1S/C22H23NO2/c1-24-15-16-25-22-13-11-21(12-14-22)23-17-18-7-9-20(10-8-18)19-5-3-2-4-6-19/h2-14,23H,15-17H2,1H3. The average Bonchev–Trinajstić information content (AvgIpc) is 2.69. The first-order valence-corrected chi connectivity index (χ1v) is 8.45. The third-order valence-corrected chi connectivity index (χ3v) is 3.97. The van der Waals surface area contributed by atoms with Gasteiger partial charge in [0.15, 0.2) is 0 Å². The van der Waals surface area contributed by atoms with Gasteiger partial charge in [0.05, 0.1) is 6.61 Å². The number of anilines is 1. The molecule has 0 aromatic heterocycles. The first kappa shape index (κ1) is 17.1. The van der Waals surface area contributed by atoms with Gasteiger partial charge in [-0.25, -0.2) is 0 Å². The van der Waals surface area contributed by atoms with Gasteiger partial charge in [0.1, 0.15) is 12.4 Å². The van der Waals surface area contributed by atoms with Gasteiger partial charge in [-0.05, 0) is 41.0 Å². The number of ether oxygens (including phenoxy) is 2. The lowest BCUT2D eigenvalue weighted by molar-refractivity contribution is 0.146. The topological polar surface area (TPSA) is 30.5 Å². The van der Waals surface area contributed by atoms with Crippen molar-refractivity contribution in [1.29, 1.82) is 0 Å². The third kappa shape index (κ3) is 5.10. The quantitative estimate of drug-likeness (QED) is 0.589. The Labute approximate surface area is 149 Å². The minimum atomic E-state index is 0.567. The molecule has 0 spiro atoms. The molecule has 3 nitrogen and oxygen atoms in total. The zero-order valence-corrected chi connectivity index (χ0v) is 14.4. The lowest BCUT2D eigenvalue weighted by Crippen LogP contribution is -2.04. The summed E-state index contributed by atoms with van der Waals surface area (Å²) >= 11 is 0. The van der Waals surface area contributed by atoms with E-state index in [0.29, 0.717) is 13.2 Å². The van der Waals surface area contributed by atoms with Gasteiger partial charge in [-0.3, -0.25) is 0 Å². The van der Waals surface area contributed by atoms with Crippen LogP contribution in [0, 0.1) is 0 Å². The molecular formula is C22H23NO2. The van der Waals surface area contributed by atoms with E-state index in [-0.39, 0.29) is 0 Å². The van der Waals surface area contributed by atoms with Crippen LogP contribution in [0.1, 0.15) is 5.56 Å². The van der Waals surface area contributed by atoms with Crippen molar-refractivity contribution in [2.45, 2.75) is 6.54 Å². The summed E-state index contributed by atoms with van der Waals surface area (Å²) in [5.74, 6) is 0.856. The van der Waals surface area contributed by atoms with Crippen molar-refractivity contribution >= 4 is 5.69 Å². The van der Waals surface area contributed by atoms with Gasteiger partial charge in [-0.1, -0.05) is 54.6 Å². The maximum absolute atomic E-state index is 5.57. The smallest absolute Gasteiger partial charge is 0.119 e. The van der Waals surface area contributed by atoms with E-state index in [4.69, 9.17) is 9.47 Å². The summed E-state index contributed by atoms with van der Waals surface area (Å²) in [6.07, 6.45) is 0. The highest BCUT2D eigenvalue weighted by Crippen LogP contribution is 2.20. The predicted molar refractivity (Wildman–Crippen MR) is 103 cm³/mol. The third-order valence-electron chi connectivity index (χ3n) is 3.97. The Bertz CT molecular complexity index is 752. The molecule has 3 rings (SSSR count). The van der Waals surface area contributed by atoms with E-state index in [0.717, 1.165) is 18.0 Å². The monoisotopic (exact) mass is 333 g/mol. The molecule has 0 saturated carbocycles. The van der Waals surface area contributed by atoms with E-state index in [1.807, 2.05) is 30.3 Å². The Balaban J connectivity index is 1.53. The number of hydrogen-bond acceptors (Lipinski definition) is 3. The SMILES string of the molecule is COCCOc1ccc(NCc2ccc(-c3ccccc3)cc2)cc1. The number of methoxy groups -OCH3 is 1. The Morgan fingerprint density at radius 2 is 1.40 bits per heavy atom. The van der Waals surface area contributed by atoms with Crippen LogP contribution in [0.3, 0.4) is 0 Å². The number of nitrogens with one attached hydrogen (secondary N) is 1. The first-order valence-electron chi connectivity index (χ1n) is 8.45. The highest BCUT2D eigenvalue weighted by atomic mass is 16.5. The molecule has 0 heterocycles. The largest absolute Gasteiger partial charge is 0.491 e. The minimum absolute atomic E-state index is 0.567. The summed E-state index contributed by atoms with van der Waals surface area (Å²) in [6, 6.07) is 27.1. The molecular weight excluding hydrogens is 310 g/mol. The molecule has 0 bridgehead atoms. The van der Waals surface area contributed by atoms with E-state index in [9.17, 15) is 0 Å². The Hall–Kier alpha value is -2.78. The van der Waals surface area contributed by atoms with Gasteiger partial charge in [-0.15, -0.1) is 0 Å². The Kier molecular flexibility index (Phi) is 6.07. The van der Waals surface area contributed by atoms with Crippen molar-refractivity contribution in [1.82, 2.24) is 0 Å². The molecule has 0 aliphatic carbocycles. The minimum Gasteiger partial charge on any atom is -0.491 e. The van der Waals surface area contributed by atoms with E-state index in [2.05, 4.69) is 53.8 Å². The first-order chi connectivity index (χ1) is 12.3. The fourth-order valence-electron chi connectivity index (χ4n) is 2.56. The summed E-state index contributed by atoms with van der Waals surface area (Å²) in [4.78, 5) is 0. The summed E-state index contributed by atoms with van der Waals surface area (Å²) < 4.78 is 10.5. The van der Waals surface area contributed by atoms with Crippen LogP contribution in [-0.4, -0.2) is 20.3 Å². The zero-order valence-electron chi connectivity index (χ0n) is 14.4. The maximum atomic E-state index is 5.57. The van der Waals surface area contributed by atoms with Crippen molar-refractivity contribution in [3.05, 3.63) is 84.4 Å². The Morgan fingerprint density at radius 3 is 2.08 bits per heavy atom. The lowest BCUT2D eigenvalue weighted by atomic mass is 10.0. The van der Waals surface area contributed by atoms with E-state index >= 15 is 0 Å². The fraction of sp³-hybridized carbons (Fsp3) is 0.182. The summed E-state index contributed by atoms with van der Waals surface area (Å²) in [6.45, 7) is 1.95. The second kappa shape index (κ2) is 8.90. The van der Waals surface area contributed by atoms with Crippen molar-refractivity contribution < 1.29 is 9.47 Å². The second-order valence-corrected chi connectivity index (χ2v) is 5.78. The van der Waals surface area contributed by atoms with Crippen LogP contribution in [0.5, 0.6) is 5.75 Å². The molecule has 0 atom stereocenters. The van der Waals surface area contributed by atoms with Gasteiger partial charge in [0, 0.05) is 19.3 Å². The van der Waals surface area contributed by atoms with E-state index in [1.165, 1.54) is 16.7 Å². The number of benzene rings is 3. The summed E-state index contributed by atoms with van der Waals surface area (Å²) in [5.41, 5.74) is 4.80. The van der Waals surface area contributed by atoms with Crippen LogP contribution in [-0.2, 0) is 11.3 Å². The fourth-order valence-corrected chi connectivity index (χ4v) is 2.56. The van der Waals surface area contributed by atoms with Crippen LogP contribution < -0.4 is 10.1 Å². The average molecular weight is 333 g/mol. The molecule has 128 valence electrons. The summed E-state index contributed by atoms with van der Waals surface area (Å²) in [5, 5.41) is 3.43. The van der Waals surface area contributed by atoms with Crippen molar-refractivity contribution in [2.75, 3.05) is 25.6 Å². The summed E-state index contributed by atoms with van der Waals surface area (Å²) in [7, 11) is 1.67. The molecule has 3 aromatic rings. The molecule has 25 heavy (non-hydrogen) atoms. The van der Waals surface area contributed by atoms with Crippen LogP contribution >= 0.6 is 0 Å². The van der Waals surface area contributed by atoms with E-state index in [1.54, 1.807) is 7.11 Å². The molecule has 0 fully saturated rings. The van der Waals surface area contributed by atoms with Gasteiger partial charge in [0.2, 0.25) is 0 Å². The van der Waals surface area contributed by atoms with Crippen LogP contribution in [0.4, 0.5) is 5.69 Å². The second-order valence-electron chi connectivity index (χ2n) is 5.78. The van der Waals surface area contributed by atoms with Gasteiger partial charge >= 0.3 is 0 Å². The zero-order chi connectivity index (χ0) is 17.3. The molecule has 3 aromatic carbocycles. The normalized spacial score (nSPS) is 10.4. The molecule has 3 heteroatoms. The maximum Gasteiger partial charge on any atom is 0.119 e. The van der Waals surface area contributed by atoms with Gasteiger partial charge in [0.25, 0.3) is 0 Å². The van der Waals surface area contributed by atoms with Crippen molar-refractivity contribution in [3.63, 3.8) is 0 Å². The molecule has 0 unspecified atom stereocenters. The van der Waals surface area contributed by atoms with E-state index < -0.39 is 0 Å². The molecule has 0 amide bonds. The predicted octanol–water partition coefficient (Wildman–Crippen LogP) is 4.99. The Morgan fingerprint density at radius 1 is 0.720 bits per heavy atom. The molecule has 0 aliphatic heterocycles.